The molecule has 7 heteroatoms. The molecule has 2 rings (SSSR count). The highest BCUT2D eigenvalue weighted by Gasteiger charge is 2.12. The summed E-state index contributed by atoms with van der Waals surface area (Å²) in [5.41, 5.74) is 0.347. The first-order valence-corrected chi connectivity index (χ1v) is 9.37. The van der Waals surface area contributed by atoms with Gasteiger partial charge in [0.1, 0.15) is 11.5 Å². The standard InChI is InChI=1S/C18H20O6S/c1-2-3-4-13-23-15-7-5-14(6-8-15)18(19)24-16-9-11-17(12-10-16)25(20,21)22/h5-12H,2-4,13H2,1H3,(H,20,21,22). The molecule has 0 aromatic heterocycles. The average molecular weight is 364 g/mol. The Labute approximate surface area is 147 Å². The molecule has 134 valence electrons. The van der Waals surface area contributed by atoms with Crippen LogP contribution in [-0.2, 0) is 10.1 Å². The van der Waals surface area contributed by atoms with E-state index >= 15 is 0 Å². The Morgan fingerprint density at radius 2 is 1.56 bits per heavy atom. The summed E-state index contributed by atoms with van der Waals surface area (Å²) in [5, 5.41) is 0. The van der Waals surface area contributed by atoms with Crippen molar-refractivity contribution in [3.05, 3.63) is 54.1 Å². The van der Waals surface area contributed by atoms with E-state index in [0.29, 0.717) is 17.9 Å². The second kappa shape index (κ2) is 8.64. The number of carbonyl (C=O) groups excluding carboxylic acids is 1. The zero-order valence-corrected chi connectivity index (χ0v) is 14.7. The lowest BCUT2D eigenvalue weighted by atomic mass is 10.2. The number of benzene rings is 2. The molecule has 0 saturated carbocycles. The lowest BCUT2D eigenvalue weighted by Gasteiger charge is -2.07. The molecule has 6 nitrogen and oxygen atoms in total. The van der Waals surface area contributed by atoms with E-state index in [1.165, 1.54) is 12.1 Å². The maximum atomic E-state index is 12.1. The number of carbonyl (C=O) groups is 1. The molecule has 2 aromatic carbocycles. The molecule has 2 aromatic rings. The molecule has 0 heterocycles. The third kappa shape index (κ3) is 5.88. The van der Waals surface area contributed by atoms with Crippen molar-refractivity contribution in [2.24, 2.45) is 0 Å². The summed E-state index contributed by atoms with van der Waals surface area (Å²) in [5.74, 6) is 0.291. The number of rotatable bonds is 8. The van der Waals surface area contributed by atoms with Gasteiger partial charge >= 0.3 is 5.97 Å². The Hall–Kier alpha value is -2.38. The summed E-state index contributed by atoms with van der Waals surface area (Å²) < 4.78 is 41.6. The molecule has 0 aliphatic rings. The fourth-order valence-corrected chi connectivity index (χ4v) is 2.55. The van der Waals surface area contributed by atoms with Gasteiger partial charge in [0, 0.05) is 0 Å². The van der Waals surface area contributed by atoms with Crippen LogP contribution < -0.4 is 9.47 Å². The summed E-state index contributed by atoms with van der Waals surface area (Å²) in [6.07, 6.45) is 3.22. The van der Waals surface area contributed by atoms with E-state index < -0.39 is 16.1 Å². The lowest BCUT2D eigenvalue weighted by molar-refractivity contribution is 0.0734. The van der Waals surface area contributed by atoms with Gasteiger partial charge in [0.2, 0.25) is 0 Å². The highest BCUT2D eigenvalue weighted by molar-refractivity contribution is 7.85. The van der Waals surface area contributed by atoms with Crippen molar-refractivity contribution in [3.63, 3.8) is 0 Å². The molecule has 0 saturated heterocycles. The topological polar surface area (TPSA) is 89.9 Å². The highest BCUT2D eigenvalue weighted by atomic mass is 32.2. The van der Waals surface area contributed by atoms with Crippen molar-refractivity contribution in [2.75, 3.05) is 6.61 Å². The van der Waals surface area contributed by atoms with Crippen LogP contribution in [0.4, 0.5) is 0 Å². The van der Waals surface area contributed by atoms with Gasteiger partial charge in [0.05, 0.1) is 17.1 Å². The smallest absolute Gasteiger partial charge is 0.343 e. The van der Waals surface area contributed by atoms with Crippen LogP contribution in [0.3, 0.4) is 0 Å². The SMILES string of the molecule is CCCCCOc1ccc(C(=O)Oc2ccc(S(=O)(=O)O)cc2)cc1. The van der Waals surface area contributed by atoms with Gasteiger partial charge in [0.15, 0.2) is 0 Å². The summed E-state index contributed by atoms with van der Waals surface area (Å²) in [6.45, 7) is 2.76. The van der Waals surface area contributed by atoms with Gasteiger partial charge in [-0.15, -0.1) is 0 Å². The van der Waals surface area contributed by atoms with Gasteiger partial charge in [0.25, 0.3) is 10.1 Å². The molecule has 0 atom stereocenters. The molecule has 0 spiro atoms. The monoisotopic (exact) mass is 364 g/mol. The lowest BCUT2D eigenvalue weighted by Crippen LogP contribution is -2.08. The van der Waals surface area contributed by atoms with E-state index in [-0.39, 0.29) is 10.6 Å². The van der Waals surface area contributed by atoms with E-state index in [1.54, 1.807) is 24.3 Å². The first kappa shape index (κ1) is 19.0. The largest absolute Gasteiger partial charge is 0.494 e. The first-order chi connectivity index (χ1) is 11.9. The zero-order valence-electron chi connectivity index (χ0n) is 13.8. The van der Waals surface area contributed by atoms with E-state index in [1.807, 2.05) is 0 Å². The van der Waals surface area contributed by atoms with Crippen LogP contribution >= 0.6 is 0 Å². The minimum atomic E-state index is -4.27. The van der Waals surface area contributed by atoms with Crippen LogP contribution in [0.2, 0.25) is 0 Å². The van der Waals surface area contributed by atoms with E-state index in [4.69, 9.17) is 14.0 Å². The van der Waals surface area contributed by atoms with Crippen LogP contribution in [0.15, 0.2) is 53.4 Å². The molecule has 0 aliphatic heterocycles. The van der Waals surface area contributed by atoms with Crippen molar-refractivity contribution < 1.29 is 27.2 Å². The van der Waals surface area contributed by atoms with E-state index in [9.17, 15) is 13.2 Å². The van der Waals surface area contributed by atoms with Crippen molar-refractivity contribution >= 4 is 16.1 Å². The third-order valence-electron chi connectivity index (χ3n) is 3.44. The van der Waals surface area contributed by atoms with Crippen LogP contribution in [-0.4, -0.2) is 25.5 Å². The fourth-order valence-electron chi connectivity index (χ4n) is 2.07. The maximum absolute atomic E-state index is 12.1. The molecule has 0 aliphatic carbocycles. The molecule has 25 heavy (non-hydrogen) atoms. The minimum Gasteiger partial charge on any atom is -0.494 e. The number of hydrogen-bond donors (Lipinski definition) is 1. The van der Waals surface area contributed by atoms with Crippen molar-refractivity contribution in [1.29, 1.82) is 0 Å². The molecular formula is C18H20O6S. The van der Waals surface area contributed by atoms with Gasteiger partial charge in [-0.25, -0.2) is 4.79 Å². The predicted molar refractivity (Wildman–Crippen MR) is 92.7 cm³/mol. The number of unbranched alkanes of at least 4 members (excludes halogenated alkanes) is 2. The third-order valence-corrected chi connectivity index (χ3v) is 4.31. The Kier molecular flexibility index (Phi) is 6.55. The molecule has 0 unspecified atom stereocenters. The number of esters is 1. The second-order valence-corrected chi connectivity index (χ2v) is 6.84. The predicted octanol–water partition coefficient (Wildman–Crippen LogP) is 3.72. The van der Waals surface area contributed by atoms with Crippen molar-refractivity contribution in [1.82, 2.24) is 0 Å². The van der Waals surface area contributed by atoms with Gasteiger partial charge in [-0.1, -0.05) is 19.8 Å². The molecule has 1 N–H and O–H groups in total. The van der Waals surface area contributed by atoms with Crippen LogP contribution in [0.5, 0.6) is 11.5 Å². The van der Waals surface area contributed by atoms with Crippen LogP contribution in [0, 0.1) is 0 Å². The summed E-state index contributed by atoms with van der Waals surface area (Å²) >= 11 is 0. The summed E-state index contributed by atoms with van der Waals surface area (Å²) in [6, 6.07) is 11.5. The van der Waals surface area contributed by atoms with Gasteiger partial charge < -0.3 is 9.47 Å². The van der Waals surface area contributed by atoms with Gasteiger partial charge in [-0.3, -0.25) is 4.55 Å². The van der Waals surface area contributed by atoms with Crippen LogP contribution in [0.25, 0.3) is 0 Å². The number of hydrogen-bond acceptors (Lipinski definition) is 5. The Balaban J connectivity index is 1.94. The summed E-state index contributed by atoms with van der Waals surface area (Å²) in [4.78, 5) is 11.8. The number of ether oxygens (including phenoxy) is 2. The van der Waals surface area contributed by atoms with E-state index in [0.717, 1.165) is 31.4 Å². The van der Waals surface area contributed by atoms with E-state index in [2.05, 4.69) is 6.92 Å². The molecule has 0 amide bonds. The normalized spacial score (nSPS) is 11.1. The van der Waals surface area contributed by atoms with Crippen LogP contribution in [0.1, 0.15) is 36.5 Å². The zero-order chi connectivity index (χ0) is 18.3. The Morgan fingerprint density at radius 3 is 2.12 bits per heavy atom. The molecule has 0 fully saturated rings. The fraction of sp³-hybridized carbons (Fsp3) is 0.278. The highest BCUT2D eigenvalue weighted by Crippen LogP contribution is 2.18. The molecule has 0 radical (unpaired) electrons. The first-order valence-electron chi connectivity index (χ1n) is 7.93. The minimum absolute atomic E-state index is 0.178. The maximum Gasteiger partial charge on any atom is 0.343 e. The van der Waals surface area contributed by atoms with Gasteiger partial charge in [-0.2, -0.15) is 8.42 Å². The second-order valence-electron chi connectivity index (χ2n) is 5.42. The van der Waals surface area contributed by atoms with Crippen molar-refractivity contribution in [2.45, 2.75) is 31.1 Å². The average Bonchev–Trinajstić information content (AvgIpc) is 2.59. The van der Waals surface area contributed by atoms with Crippen molar-refractivity contribution in [3.8, 4) is 11.5 Å². The Morgan fingerprint density at radius 1 is 0.960 bits per heavy atom. The molecular weight excluding hydrogens is 344 g/mol. The Bertz CT molecular complexity index is 794. The molecule has 0 bridgehead atoms. The quantitative estimate of drug-likeness (QED) is 0.332. The summed E-state index contributed by atoms with van der Waals surface area (Å²) in [7, 11) is -4.27. The van der Waals surface area contributed by atoms with Gasteiger partial charge in [-0.05, 0) is 55.0 Å².